The maximum Gasteiger partial charge on any atom is 0.284 e. The van der Waals surface area contributed by atoms with Crippen LogP contribution < -0.4 is 0 Å². The van der Waals surface area contributed by atoms with Crippen LogP contribution in [0, 0.1) is 6.92 Å². The number of hydrogen-bond donors (Lipinski definition) is 0. The van der Waals surface area contributed by atoms with Gasteiger partial charge in [0.15, 0.2) is 0 Å². The summed E-state index contributed by atoms with van der Waals surface area (Å²) in [4.78, 5) is 19.1. The molecule has 0 radical (unpaired) electrons. The van der Waals surface area contributed by atoms with Crippen molar-refractivity contribution in [3.05, 3.63) is 64.9 Å². The Hall–Kier alpha value is -2.60. The van der Waals surface area contributed by atoms with Gasteiger partial charge in [0.25, 0.3) is 5.91 Å². The van der Waals surface area contributed by atoms with E-state index in [2.05, 4.69) is 28.2 Å². The number of aryl methyl sites for hydroxylation is 1. The predicted octanol–water partition coefficient (Wildman–Crippen LogP) is 3.54. The lowest BCUT2D eigenvalue weighted by Gasteiger charge is -2.14. The van der Waals surface area contributed by atoms with E-state index in [0.717, 1.165) is 29.2 Å². The number of likely N-dealkylation sites (tertiary alicyclic amines) is 1. The molecule has 0 N–H and O–H groups in total. The molecule has 0 aliphatic carbocycles. The molecule has 2 aromatic heterocycles. The van der Waals surface area contributed by atoms with E-state index in [-0.39, 0.29) is 5.91 Å². The van der Waals surface area contributed by atoms with Gasteiger partial charge in [-0.15, -0.1) is 10.2 Å². The number of aromatic nitrogens is 3. The summed E-state index contributed by atoms with van der Waals surface area (Å²) in [7, 11) is 0. The molecule has 3 heterocycles. The Balaban J connectivity index is 1.48. The molecule has 25 heavy (non-hydrogen) atoms. The normalized spacial score (nSPS) is 17.0. The molecule has 6 heteroatoms. The van der Waals surface area contributed by atoms with Crippen LogP contribution >= 0.6 is 11.3 Å². The van der Waals surface area contributed by atoms with Crippen LogP contribution in [-0.4, -0.2) is 39.1 Å². The standard InChI is InChI=1S/C19H18N4OS/c1-13-7-9-20-16(11-13)15-8-10-23(12-15)19(24)18-22-21-17(25-18)14-5-3-2-4-6-14/h2-7,9,11,15H,8,10,12H2,1H3. The highest BCUT2D eigenvalue weighted by Crippen LogP contribution is 2.29. The average Bonchev–Trinajstić information content (AvgIpc) is 3.32. The van der Waals surface area contributed by atoms with E-state index in [9.17, 15) is 4.79 Å². The van der Waals surface area contributed by atoms with Gasteiger partial charge in [0.1, 0.15) is 5.01 Å². The minimum Gasteiger partial charge on any atom is -0.336 e. The van der Waals surface area contributed by atoms with E-state index in [1.165, 1.54) is 16.9 Å². The van der Waals surface area contributed by atoms with Crippen LogP contribution in [0.25, 0.3) is 10.6 Å². The predicted molar refractivity (Wildman–Crippen MR) is 97.6 cm³/mol. The highest BCUT2D eigenvalue weighted by atomic mass is 32.1. The van der Waals surface area contributed by atoms with Crippen LogP contribution in [0.5, 0.6) is 0 Å². The van der Waals surface area contributed by atoms with Crippen LogP contribution in [-0.2, 0) is 0 Å². The fourth-order valence-electron chi connectivity index (χ4n) is 3.11. The van der Waals surface area contributed by atoms with E-state index in [1.807, 2.05) is 47.5 Å². The number of carbonyl (C=O) groups is 1. The molecule has 1 atom stereocenters. The first-order valence-electron chi connectivity index (χ1n) is 8.31. The van der Waals surface area contributed by atoms with Gasteiger partial charge in [0, 0.05) is 36.5 Å². The number of benzene rings is 1. The van der Waals surface area contributed by atoms with Crippen molar-refractivity contribution in [2.45, 2.75) is 19.3 Å². The van der Waals surface area contributed by atoms with Gasteiger partial charge in [-0.1, -0.05) is 41.7 Å². The van der Waals surface area contributed by atoms with Crippen molar-refractivity contribution >= 4 is 17.2 Å². The van der Waals surface area contributed by atoms with Gasteiger partial charge < -0.3 is 4.90 Å². The lowest BCUT2D eigenvalue weighted by atomic mass is 10.0. The van der Waals surface area contributed by atoms with Crippen LogP contribution in [0.15, 0.2) is 48.7 Å². The first kappa shape index (κ1) is 15.9. The fourth-order valence-corrected chi connectivity index (χ4v) is 3.93. The van der Waals surface area contributed by atoms with Crippen LogP contribution in [0.2, 0.25) is 0 Å². The largest absolute Gasteiger partial charge is 0.336 e. The van der Waals surface area contributed by atoms with E-state index in [1.54, 1.807) is 0 Å². The summed E-state index contributed by atoms with van der Waals surface area (Å²) in [6, 6.07) is 13.9. The van der Waals surface area contributed by atoms with Crippen molar-refractivity contribution in [3.8, 4) is 10.6 Å². The fraction of sp³-hybridized carbons (Fsp3) is 0.263. The third-order valence-corrected chi connectivity index (χ3v) is 5.42. The van der Waals surface area contributed by atoms with Crippen LogP contribution in [0.1, 0.15) is 33.4 Å². The molecule has 5 nitrogen and oxygen atoms in total. The van der Waals surface area contributed by atoms with Gasteiger partial charge in [0.05, 0.1) is 0 Å². The molecule has 1 aliphatic rings. The molecule has 0 bridgehead atoms. The zero-order valence-corrected chi connectivity index (χ0v) is 14.7. The number of pyridine rings is 1. The first-order chi connectivity index (χ1) is 12.2. The summed E-state index contributed by atoms with van der Waals surface area (Å²) in [5, 5.41) is 9.52. The Morgan fingerprint density at radius 2 is 2.04 bits per heavy atom. The van der Waals surface area contributed by atoms with E-state index < -0.39 is 0 Å². The topological polar surface area (TPSA) is 59.0 Å². The summed E-state index contributed by atoms with van der Waals surface area (Å²) < 4.78 is 0. The third kappa shape index (κ3) is 3.30. The smallest absolute Gasteiger partial charge is 0.284 e. The number of carbonyl (C=O) groups excluding carboxylic acids is 1. The van der Waals surface area contributed by atoms with Gasteiger partial charge in [0.2, 0.25) is 5.01 Å². The van der Waals surface area contributed by atoms with E-state index >= 15 is 0 Å². The SMILES string of the molecule is Cc1ccnc(C2CCN(C(=O)c3nnc(-c4ccccc4)s3)C2)c1. The van der Waals surface area contributed by atoms with Crippen molar-refractivity contribution in [1.82, 2.24) is 20.1 Å². The maximum absolute atomic E-state index is 12.7. The van der Waals surface area contributed by atoms with Crippen molar-refractivity contribution in [3.63, 3.8) is 0 Å². The summed E-state index contributed by atoms with van der Waals surface area (Å²) in [5.74, 6) is 0.264. The second kappa shape index (κ2) is 6.72. The molecule has 126 valence electrons. The summed E-state index contributed by atoms with van der Waals surface area (Å²) >= 11 is 1.35. The molecule has 0 spiro atoms. The molecule has 1 aliphatic heterocycles. The highest BCUT2D eigenvalue weighted by molar-refractivity contribution is 7.16. The Labute approximate surface area is 150 Å². The zero-order valence-electron chi connectivity index (χ0n) is 13.9. The molecule has 1 aromatic carbocycles. The zero-order chi connectivity index (χ0) is 17.2. The number of nitrogens with zero attached hydrogens (tertiary/aromatic N) is 4. The van der Waals surface area contributed by atoms with Gasteiger partial charge in [-0.2, -0.15) is 0 Å². The molecule has 4 rings (SSSR count). The third-order valence-electron chi connectivity index (χ3n) is 4.46. The second-order valence-electron chi connectivity index (χ2n) is 6.27. The minimum absolute atomic E-state index is 0.0326. The monoisotopic (exact) mass is 350 g/mol. The van der Waals surface area contributed by atoms with Crippen molar-refractivity contribution in [2.75, 3.05) is 13.1 Å². The maximum atomic E-state index is 12.7. The molecule has 0 saturated carbocycles. The van der Waals surface area contributed by atoms with E-state index in [4.69, 9.17) is 0 Å². The molecule has 3 aromatic rings. The Morgan fingerprint density at radius 1 is 1.20 bits per heavy atom. The lowest BCUT2D eigenvalue weighted by Crippen LogP contribution is -2.28. The molecule has 1 fully saturated rings. The Bertz CT molecular complexity index is 893. The van der Waals surface area contributed by atoms with Crippen LogP contribution in [0.3, 0.4) is 0 Å². The molecule has 1 amide bonds. The Morgan fingerprint density at radius 3 is 2.84 bits per heavy atom. The van der Waals surface area contributed by atoms with Crippen molar-refractivity contribution in [1.29, 1.82) is 0 Å². The highest BCUT2D eigenvalue weighted by Gasteiger charge is 2.30. The first-order valence-corrected chi connectivity index (χ1v) is 9.13. The lowest BCUT2D eigenvalue weighted by molar-refractivity contribution is 0.0789. The number of hydrogen-bond acceptors (Lipinski definition) is 5. The Kier molecular flexibility index (Phi) is 4.28. The van der Waals surface area contributed by atoms with E-state index in [0.29, 0.717) is 17.5 Å². The average molecular weight is 350 g/mol. The van der Waals surface area contributed by atoms with Crippen LogP contribution in [0.4, 0.5) is 0 Å². The molecular weight excluding hydrogens is 332 g/mol. The van der Waals surface area contributed by atoms with Gasteiger partial charge in [-0.3, -0.25) is 9.78 Å². The second-order valence-corrected chi connectivity index (χ2v) is 7.25. The summed E-state index contributed by atoms with van der Waals surface area (Å²) in [6.07, 6.45) is 2.78. The molecular formula is C19H18N4OS. The van der Waals surface area contributed by atoms with Gasteiger partial charge >= 0.3 is 0 Å². The molecule has 1 unspecified atom stereocenters. The number of amides is 1. The molecule has 1 saturated heterocycles. The van der Waals surface area contributed by atoms with Crippen molar-refractivity contribution < 1.29 is 4.79 Å². The summed E-state index contributed by atoms with van der Waals surface area (Å²) in [6.45, 7) is 3.49. The van der Waals surface area contributed by atoms with Gasteiger partial charge in [-0.25, -0.2) is 0 Å². The van der Waals surface area contributed by atoms with Crippen molar-refractivity contribution in [2.24, 2.45) is 0 Å². The number of rotatable bonds is 3. The van der Waals surface area contributed by atoms with Gasteiger partial charge in [-0.05, 0) is 31.0 Å². The quantitative estimate of drug-likeness (QED) is 0.725. The minimum atomic E-state index is -0.0326. The summed E-state index contributed by atoms with van der Waals surface area (Å²) in [5.41, 5.74) is 3.26.